The highest BCUT2D eigenvalue weighted by Crippen LogP contribution is 2.62. The molecule has 166 valence electrons. The largest absolute Gasteiger partial charge is 0.481 e. The zero-order chi connectivity index (χ0) is 22.0. The van der Waals surface area contributed by atoms with E-state index in [-0.39, 0.29) is 24.1 Å². The lowest BCUT2D eigenvalue weighted by Gasteiger charge is -2.56. The smallest absolute Gasteiger partial charge is 0.343 e. The normalized spacial score (nSPS) is 29.7. The van der Waals surface area contributed by atoms with E-state index in [1.165, 1.54) is 16.7 Å². The van der Waals surface area contributed by atoms with E-state index in [1.54, 1.807) is 0 Å². The fraction of sp³-hybridized carbons (Fsp3) is 0.444. The van der Waals surface area contributed by atoms with Crippen molar-refractivity contribution in [2.75, 3.05) is 13.6 Å². The summed E-state index contributed by atoms with van der Waals surface area (Å²) in [6, 6.07) is 12.2. The Morgan fingerprint density at radius 1 is 1.25 bits per heavy atom. The van der Waals surface area contributed by atoms with E-state index in [9.17, 15) is 9.90 Å². The number of aliphatic hydroxyl groups excluding tert-OH is 1. The van der Waals surface area contributed by atoms with Crippen molar-refractivity contribution in [1.82, 2.24) is 4.90 Å². The molecule has 1 saturated heterocycles. The summed E-state index contributed by atoms with van der Waals surface area (Å²) < 4.78 is 12.6. The van der Waals surface area contributed by atoms with Gasteiger partial charge < -0.3 is 19.5 Å². The summed E-state index contributed by atoms with van der Waals surface area (Å²) in [4.78, 5) is 15.5. The van der Waals surface area contributed by atoms with Gasteiger partial charge in [-0.3, -0.25) is 0 Å². The third kappa shape index (κ3) is 2.61. The number of hydrogen-bond acceptors (Lipinski definition) is 5. The van der Waals surface area contributed by atoms with Gasteiger partial charge in [-0.1, -0.05) is 31.2 Å². The van der Waals surface area contributed by atoms with E-state index < -0.39 is 0 Å². The van der Waals surface area contributed by atoms with Crippen LogP contribution in [0.15, 0.2) is 48.2 Å². The maximum absolute atomic E-state index is 13.0. The molecule has 2 bridgehead atoms. The van der Waals surface area contributed by atoms with Crippen LogP contribution in [-0.2, 0) is 29.6 Å². The second-order valence-electron chi connectivity index (χ2n) is 9.68. The molecule has 2 aliphatic carbocycles. The number of likely N-dealkylation sites (N-methyl/N-ethyl adjacent to an activating group) is 1. The number of piperidine rings is 1. The number of carbonyl (C=O) groups is 1. The summed E-state index contributed by atoms with van der Waals surface area (Å²) in [6.07, 6.45) is 5.52. The van der Waals surface area contributed by atoms with Gasteiger partial charge in [-0.05, 0) is 74.5 Å². The van der Waals surface area contributed by atoms with E-state index in [0.29, 0.717) is 23.3 Å². The van der Waals surface area contributed by atoms with E-state index in [1.807, 2.05) is 30.3 Å². The lowest BCUT2D eigenvalue weighted by Crippen LogP contribution is -2.63. The highest BCUT2D eigenvalue weighted by molar-refractivity contribution is 5.90. The molecule has 4 atom stereocenters. The average Bonchev–Trinajstić information content (AvgIpc) is 3.17. The maximum Gasteiger partial charge on any atom is 0.343 e. The Kier molecular flexibility index (Phi) is 4.50. The van der Waals surface area contributed by atoms with Crippen molar-refractivity contribution < 1.29 is 19.4 Å². The molecule has 4 unspecified atom stereocenters. The minimum absolute atomic E-state index is 0.0535. The molecule has 4 aliphatic rings. The van der Waals surface area contributed by atoms with Crippen LogP contribution in [0.5, 0.6) is 5.75 Å². The highest BCUT2D eigenvalue weighted by Gasteiger charge is 2.64. The molecule has 0 radical (unpaired) electrons. The molecule has 5 nitrogen and oxygen atoms in total. The van der Waals surface area contributed by atoms with Crippen molar-refractivity contribution >= 4 is 5.97 Å². The summed E-state index contributed by atoms with van der Waals surface area (Å²) in [5, 5.41) is 9.99. The van der Waals surface area contributed by atoms with Crippen LogP contribution in [0.25, 0.3) is 0 Å². The lowest BCUT2D eigenvalue weighted by atomic mass is 9.53. The number of aliphatic hydroxyl groups is 1. The molecule has 32 heavy (non-hydrogen) atoms. The molecule has 5 heteroatoms. The first-order chi connectivity index (χ1) is 15.6. The highest BCUT2D eigenvalue weighted by atomic mass is 16.6. The Balaban J connectivity index is 1.40. The average molecular weight is 432 g/mol. The Morgan fingerprint density at radius 2 is 2.06 bits per heavy atom. The van der Waals surface area contributed by atoms with E-state index in [4.69, 9.17) is 9.47 Å². The van der Waals surface area contributed by atoms with Gasteiger partial charge in [0.2, 0.25) is 0 Å². The summed E-state index contributed by atoms with van der Waals surface area (Å²) in [6.45, 7) is 3.03. The maximum atomic E-state index is 13.0. The van der Waals surface area contributed by atoms with Gasteiger partial charge in [0.05, 0.1) is 12.2 Å². The first kappa shape index (κ1) is 20.0. The molecule has 2 aromatic carbocycles. The molecule has 0 aromatic heterocycles. The molecule has 6 rings (SSSR count). The minimum atomic E-state index is -0.337. The fourth-order valence-corrected chi connectivity index (χ4v) is 6.65. The van der Waals surface area contributed by atoms with Crippen LogP contribution in [0, 0.1) is 5.92 Å². The molecule has 2 aliphatic heterocycles. The summed E-state index contributed by atoms with van der Waals surface area (Å²) in [7, 11) is 2.22. The molecular weight excluding hydrogens is 402 g/mol. The fourth-order valence-electron chi connectivity index (χ4n) is 6.65. The quantitative estimate of drug-likeness (QED) is 0.747. The van der Waals surface area contributed by atoms with Crippen LogP contribution >= 0.6 is 0 Å². The Labute approximate surface area is 188 Å². The molecule has 2 heterocycles. The standard InChI is InChI=1S/C27H29NO4/c1-3-16-4-6-17(7-5-16)26(30)31-22-11-10-20-21-14-18-8-9-19(15-29)24-23(18)27(20,25(22)32-24)12-13-28(21)2/h4-9,11,20-21,25,29H,3,10,12-15H2,1-2H3. The van der Waals surface area contributed by atoms with Crippen LogP contribution < -0.4 is 4.74 Å². The van der Waals surface area contributed by atoms with Crippen LogP contribution in [0.2, 0.25) is 0 Å². The molecular formula is C27H29NO4. The molecule has 1 N–H and O–H groups in total. The number of nitrogens with zero attached hydrogens (tertiary/aromatic N) is 1. The van der Waals surface area contributed by atoms with Gasteiger partial charge in [-0.15, -0.1) is 0 Å². The van der Waals surface area contributed by atoms with Crippen molar-refractivity contribution in [2.45, 2.75) is 56.8 Å². The van der Waals surface area contributed by atoms with Crippen LogP contribution in [0.1, 0.15) is 52.4 Å². The Morgan fingerprint density at radius 3 is 2.81 bits per heavy atom. The van der Waals surface area contributed by atoms with Crippen LogP contribution in [0.3, 0.4) is 0 Å². The van der Waals surface area contributed by atoms with Gasteiger partial charge in [-0.25, -0.2) is 4.79 Å². The van der Waals surface area contributed by atoms with Gasteiger partial charge in [0.25, 0.3) is 0 Å². The number of rotatable bonds is 4. The second-order valence-corrected chi connectivity index (χ2v) is 9.68. The monoisotopic (exact) mass is 431 g/mol. The van der Waals surface area contributed by atoms with Crippen molar-refractivity contribution in [3.63, 3.8) is 0 Å². The van der Waals surface area contributed by atoms with E-state index in [0.717, 1.165) is 43.5 Å². The summed E-state index contributed by atoms with van der Waals surface area (Å²) in [5.74, 6) is 1.53. The number of carbonyl (C=O) groups excluding carboxylic acids is 1. The predicted octanol–water partition coefficient (Wildman–Crippen LogP) is 3.76. The zero-order valence-corrected chi connectivity index (χ0v) is 18.6. The van der Waals surface area contributed by atoms with Crippen LogP contribution in [0.4, 0.5) is 0 Å². The van der Waals surface area contributed by atoms with Gasteiger partial charge in [0.1, 0.15) is 11.5 Å². The van der Waals surface area contributed by atoms with Gasteiger partial charge in [0, 0.05) is 22.6 Å². The molecule has 2 aromatic rings. The third-order valence-electron chi connectivity index (χ3n) is 8.30. The molecule has 1 fully saturated rings. The first-order valence-electron chi connectivity index (χ1n) is 11.7. The second kappa shape index (κ2) is 7.19. The molecule has 0 saturated carbocycles. The Bertz CT molecular complexity index is 1120. The summed E-state index contributed by atoms with van der Waals surface area (Å²) in [5.41, 5.74) is 4.96. The van der Waals surface area contributed by atoms with E-state index >= 15 is 0 Å². The number of hydrogen-bond donors (Lipinski definition) is 1. The number of benzene rings is 2. The van der Waals surface area contributed by atoms with Gasteiger partial charge in [-0.2, -0.15) is 0 Å². The van der Waals surface area contributed by atoms with Gasteiger partial charge >= 0.3 is 5.97 Å². The Hall–Kier alpha value is -2.63. The van der Waals surface area contributed by atoms with Gasteiger partial charge in [0.15, 0.2) is 6.10 Å². The number of allylic oxidation sites excluding steroid dienone is 1. The first-order valence-corrected chi connectivity index (χ1v) is 11.7. The van der Waals surface area contributed by atoms with Crippen molar-refractivity contribution in [1.29, 1.82) is 0 Å². The minimum Gasteiger partial charge on any atom is -0.481 e. The van der Waals surface area contributed by atoms with Crippen molar-refractivity contribution in [3.8, 4) is 5.75 Å². The van der Waals surface area contributed by atoms with E-state index in [2.05, 4.69) is 31.0 Å². The predicted molar refractivity (Wildman–Crippen MR) is 121 cm³/mol. The third-order valence-corrected chi connectivity index (χ3v) is 8.30. The molecule has 0 amide bonds. The SMILES string of the molecule is CCc1ccc(C(=O)OC2=CCC3C4Cc5ccc(CO)c6c5C3(CCN4C)C2O6)cc1. The van der Waals surface area contributed by atoms with Crippen LogP contribution in [-0.4, -0.2) is 41.7 Å². The number of ether oxygens (including phenoxy) is 2. The zero-order valence-electron chi connectivity index (χ0n) is 18.6. The summed E-state index contributed by atoms with van der Waals surface area (Å²) >= 11 is 0. The lowest BCUT2D eigenvalue weighted by molar-refractivity contribution is -0.0271. The molecule has 1 spiro atoms. The van der Waals surface area contributed by atoms with Crippen molar-refractivity contribution in [3.05, 3.63) is 76.1 Å². The number of aryl methyl sites for hydroxylation is 1. The van der Waals surface area contributed by atoms with Crippen molar-refractivity contribution in [2.24, 2.45) is 5.92 Å². The number of likely N-dealkylation sites (tertiary alicyclic amines) is 1. The number of esters is 1. The topological polar surface area (TPSA) is 59.0 Å².